The van der Waals surface area contributed by atoms with Crippen LogP contribution >= 0.6 is 11.6 Å². The van der Waals surface area contributed by atoms with Crippen LogP contribution in [0.3, 0.4) is 0 Å². The monoisotopic (exact) mass is 384 g/mol. The zero-order chi connectivity index (χ0) is 19.7. The highest BCUT2D eigenvalue weighted by Gasteiger charge is 2.44. The summed E-state index contributed by atoms with van der Waals surface area (Å²) in [7, 11) is 0. The van der Waals surface area contributed by atoms with Crippen molar-refractivity contribution in [2.24, 2.45) is 5.92 Å². The van der Waals surface area contributed by atoms with Crippen LogP contribution in [-0.2, 0) is 4.79 Å². The van der Waals surface area contributed by atoms with Crippen molar-refractivity contribution in [2.45, 2.75) is 33.2 Å². The first kappa shape index (κ1) is 19.1. The average molecular weight is 385 g/mol. The summed E-state index contributed by atoms with van der Waals surface area (Å²) in [6.07, 6.45) is 0.644. The van der Waals surface area contributed by atoms with Crippen LogP contribution in [0, 0.1) is 12.8 Å². The van der Waals surface area contributed by atoms with Crippen LogP contribution in [0.5, 0.6) is 0 Å². The van der Waals surface area contributed by atoms with E-state index in [1.165, 1.54) is 0 Å². The molecule has 1 N–H and O–H groups in total. The maximum Gasteiger partial charge on any atom is 0.262 e. The van der Waals surface area contributed by atoms with Crippen molar-refractivity contribution >= 4 is 35.0 Å². The second-order valence-electron chi connectivity index (χ2n) is 6.80. The van der Waals surface area contributed by atoms with E-state index in [1.807, 2.05) is 20.8 Å². The van der Waals surface area contributed by atoms with Gasteiger partial charge in [-0.2, -0.15) is 0 Å². The van der Waals surface area contributed by atoms with Crippen molar-refractivity contribution in [2.75, 3.05) is 5.32 Å². The van der Waals surface area contributed by atoms with Crippen LogP contribution < -0.4 is 5.32 Å². The summed E-state index contributed by atoms with van der Waals surface area (Å²) in [5, 5.41) is 3.43. The van der Waals surface area contributed by atoms with E-state index < -0.39 is 17.9 Å². The standard InChI is InChI=1S/C21H21ClN2O3/c1-4-12(2)18(19(25)23-17-10-9-14(22)11-13(17)3)24-20(26)15-7-5-6-8-16(15)21(24)27/h5-12,18H,4H2,1-3H3,(H,23,25)/t12-,18+/m0/s1. The molecule has 0 unspecified atom stereocenters. The van der Waals surface area contributed by atoms with E-state index in [0.29, 0.717) is 28.3 Å². The van der Waals surface area contributed by atoms with E-state index in [1.54, 1.807) is 42.5 Å². The summed E-state index contributed by atoms with van der Waals surface area (Å²) in [5.41, 5.74) is 2.09. The molecule has 2 aromatic rings. The molecule has 1 aliphatic rings. The largest absolute Gasteiger partial charge is 0.324 e. The molecule has 0 aromatic heterocycles. The van der Waals surface area contributed by atoms with E-state index in [-0.39, 0.29) is 11.8 Å². The van der Waals surface area contributed by atoms with Gasteiger partial charge in [-0.3, -0.25) is 19.3 Å². The summed E-state index contributed by atoms with van der Waals surface area (Å²) in [4.78, 5) is 39.9. The number of benzene rings is 2. The van der Waals surface area contributed by atoms with Gasteiger partial charge in [0.05, 0.1) is 11.1 Å². The molecule has 0 spiro atoms. The molecule has 140 valence electrons. The van der Waals surface area contributed by atoms with Gasteiger partial charge in [0.1, 0.15) is 6.04 Å². The van der Waals surface area contributed by atoms with E-state index in [9.17, 15) is 14.4 Å². The highest BCUT2D eigenvalue weighted by molar-refractivity contribution is 6.30. The predicted molar refractivity (Wildman–Crippen MR) is 105 cm³/mol. The number of anilines is 1. The lowest BCUT2D eigenvalue weighted by Gasteiger charge is -2.30. The van der Waals surface area contributed by atoms with Crippen LogP contribution in [0.2, 0.25) is 5.02 Å². The van der Waals surface area contributed by atoms with Crippen LogP contribution in [0.15, 0.2) is 42.5 Å². The van der Waals surface area contributed by atoms with Gasteiger partial charge >= 0.3 is 0 Å². The summed E-state index contributed by atoms with van der Waals surface area (Å²) >= 11 is 5.97. The van der Waals surface area contributed by atoms with Crippen LogP contribution in [0.1, 0.15) is 46.5 Å². The first-order valence-electron chi connectivity index (χ1n) is 8.89. The molecule has 2 atom stereocenters. The molecule has 0 radical (unpaired) electrons. The number of fused-ring (bicyclic) bond motifs is 1. The second kappa shape index (κ2) is 7.53. The van der Waals surface area contributed by atoms with E-state index in [2.05, 4.69) is 5.32 Å². The molecule has 5 nitrogen and oxygen atoms in total. The first-order valence-corrected chi connectivity index (χ1v) is 9.26. The van der Waals surface area contributed by atoms with Crippen molar-refractivity contribution < 1.29 is 14.4 Å². The quantitative estimate of drug-likeness (QED) is 0.781. The van der Waals surface area contributed by atoms with Gasteiger partial charge in [-0.05, 0) is 48.7 Å². The summed E-state index contributed by atoms with van der Waals surface area (Å²) in [5.74, 6) is -1.43. The molecule has 3 amide bonds. The van der Waals surface area contributed by atoms with E-state index >= 15 is 0 Å². The number of carbonyl (C=O) groups excluding carboxylic acids is 3. The lowest BCUT2D eigenvalue weighted by atomic mass is 9.96. The molecule has 0 saturated heterocycles. The molecule has 0 bridgehead atoms. The number of aryl methyl sites for hydroxylation is 1. The molecule has 1 heterocycles. The zero-order valence-corrected chi connectivity index (χ0v) is 16.2. The minimum absolute atomic E-state index is 0.195. The number of hydrogen-bond acceptors (Lipinski definition) is 3. The molecule has 3 rings (SSSR count). The SMILES string of the molecule is CC[C@H](C)[C@H](C(=O)Nc1ccc(Cl)cc1C)N1C(=O)c2ccccc2C1=O. The minimum Gasteiger partial charge on any atom is -0.324 e. The second-order valence-corrected chi connectivity index (χ2v) is 7.24. The highest BCUT2D eigenvalue weighted by atomic mass is 35.5. The number of imide groups is 1. The Morgan fingerprint density at radius 2 is 1.70 bits per heavy atom. The Labute approximate surface area is 163 Å². The summed E-state index contributed by atoms with van der Waals surface area (Å²) < 4.78 is 0. The Hall–Kier alpha value is -2.66. The molecule has 1 aliphatic heterocycles. The van der Waals surface area contributed by atoms with Gasteiger partial charge < -0.3 is 5.32 Å². The normalized spacial score (nSPS) is 15.5. The van der Waals surface area contributed by atoms with Crippen LogP contribution in [0.4, 0.5) is 5.69 Å². The predicted octanol–water partition coefficient (Wildman–Crippen LogP) is 4.30. The number of rotatable bonds is 5. The maximum absolute atomic E-state index is 13.1. The van der Waals surface area contributed by atoms with Crippen molar-refractivity contribution in [1.82, 2.24) is 4.90 Å². The fourth-order valence-electron chi connectivity index (χ4n) is 3.29. The van der Waals surface area contributed by atoms with Gasteiger partial charge in [-0.1, -0.05) is 44.0 Å². The summed E-state index contributed by atoms with van der Waals surface area (Å²) in [6, 6.07) is 10.9. The number of nitrogens with one attached hydrogen (secondary N) is 1. The fourth-order valence-corrected chi connectivity index (χ4v) is 3.51. The van der Waals surface area contributed by atoms with Gasteiger partial charge in [0.25, 0.3) is 11.8 Å². The topological polar surface area (TPSA) is 66.5 Å². The Balaban J connectivity index is 1.94. The molecule has 27 heavy (non-hydrogen) atoms. The lowest BCUT2D eigenvalue weighted by molar-refractivity contribution is -0.121. The molecular formula is C21H21ClN2O3. The van der Waals surface area contributed by atoms with Crippen molar-refractivity contribution in [3.63, 3.8) is 0 Å². The minimum atomic E-state index is -0.891. The highest BCUT2D eigenvalue weighted by Crippen LogP contribution is 2.29. The first-order chi connectivity index (χ1) is 12.8. The molecule has 0 aliphatic carbocycles. The van der Waals surface area contributed by atoms with Gasteiger partial charge in [-0.15, -0.1) is 0 Å². The number of hydrogen-bond donors (Lipinski definition) is 1. The summed E-state index contributed by atoms with van der Waals surface area (Å²) in [6.45, 7) is 5.63. The van der Waals surface area contributed by atoms with Crippen molar-refractivity contribution in [3.8, 4) is 0 Å². The van der Waals surface area contributed by atoms with Crippen molar-refractivity contribution in [1.29, 1.82) is 0 Å². The van der Waals surface area contributed by atoms with Gasteiger partial charge in [-0.25, -0.2) is 0 Å². The fraction of sp³-hybridized carbons (Fsp3) is 0.286. The molecule has 0 fully saturated rings. The smallest absolute Gasteiger partial charge is 0.262 e. The van der Waals surface area contributed by atoms with E-state index in [0.717, 1.165) is 10.5 Å². The third kappa shape index (κ3) is 3.47. The van der Waals surface area contributed by atoms with Crippen LogP contribution in [-0.4, -0.2) is 28.7 Å². The molecular weight excluding hydrogens is 364 g/mol. The Morgan fingerprint density at radius 3 is 2.22 bits per heavy atom. The lowest BCUT2D eigenvalue weighted by Crippen LogP contribution is -2.50. The number of carbonyl (C=O) groups is 3. The van der Waals surface area contributed by atoms with Crippen molar-refractivity contribution in [3.05, 3.63) is 64.2 Å². The molecule has 6 heteroatoms. The number of amides is 3. The van der Waals surface area contributed by atoms with Crippen LogP contribution in [0.25, 0.3) is 0 Å². The third-order valence-electron chi connectivity index (χ3n) is 5.00. The van der Waals surface area contributed by atoms with E-state index in [4.69, 9.17) is 11.6 Å². The number of halogens is 1. The number of nitrogens with zero attached hydrogens (tertiary/aromatic N) is 1. The zero-order valence-electron chi connectivity index (χ0n) is 15.5. The maximum atomic E-state index is 13.1. The Kier molecular flexibility index (Phi) is 5.33. The van der Waals surface area contributed by atoms with Gasteiger partial charge in [0, 0.05) is 10.7 Å². The molecule has 0 saturated carbocycles. The third-order valence-corrected chi connectivity index (χ3v) is 5.24. The Bertz CT molecular complexity index is 890. The van der Waals surface area contributed by atoms with Gasteiger partial charge in [0.2, 0.25) is 5.91 Å². The average Bonchev–Trinajstić information content (AvgIpc) is 2.89. The molecule has 2 aromatic carbocycles. The van der Waals surface area contributed by atoms with Gasteiger partial charge in [0.15, 0.2) is 0 Å². The Morgan fingerprint density at radius 1 is 1.11 bits per heavy atom.